The molecule has 25 heavy (non-hydrogen) atoms. The lowest BCUT2D eigenvalue weighted by atomic mass is 10.2. The van der Waals surface area contributed by atoms with E-state index in [4.69, 9.17) is 4.74 Å². The normalized spacial score (nSPS) is 10.5. The highest BCUT2D eigenvalue weighted by molar-refractivity contribution is 5.93. The average molecular weight is 342 g/mol. The zero-order chi connectivity index (χ0) is 18.1. The molecule has 6 heteroatoms. The van der Waals surface area contributed by atoms with E-state index in [2.05, 4.69) is 10.6 Å². The molecular weight excluding hydrogens is 323 g/mol. The molecule has 0 saturated heterocycles. The highest BCUT2D eigenvalue weighted by atomic mass is 19.1. The first-order valence-electron chi connectivity index (χ1n) is 7.81. The molecule has 130 valence electrons. The van der Waals surface area contributed by atoms with Crippen LogP contribution in [0.4, 0.5) is 15.8 Å². The van der Waals surface area contributed by atoms with Gasteiger partial charge in [-0.05, 0) is 55.0 Å². The van der Waals surface area contributed by atoms with Crippen molar-refractivity contribution in [3.63, 3.8) is 0 Å². The second-order valence-electron chi connectivity index (χ2n) is 5.12. The van der Waals surface area contributed by atoms with Crippen LogP contribution in [0.25, 0.3) is 6.08 Å². The van der Waals surface area contributed by atoms with Crippen LogP contribution in [0.3, 0.4) is 0 Å². The van der Waals surface area contributed by atoms with Gasteiger partial charge in [-0.2, -0.15) is 0 Å². The topological polar surface area (TPSA) is 67.4 Å². The van der Waals surface area contributed by atoms with Crippen LogP contribution >= 0.6 is 0 Å². The monoisotopic (exact) mass is 342 g/mol. The number of carbonyl (C=O) groups is 2. The fourth-order valence-corrected chi connectivity index (χ4v) is 1.99. The third-order valence-corrected chi connectivity index (χ3v) is 3.19. The zero-order valence-electron chi connectivity index (χ0n) is 13.8. The summed E-state index contributed by atoms with van der Waals surface area (Å²) in [7, 11) is 0. The molecular formula is C19H19FN2O3. The van der Waals surface area contributed by atoms with Crippen molar-refractivity contribution in [3.8, 4) is 0 Å². The standard InChI is InChI=1S/C19H19FN2O3/c1-2-25-19(24)12-5-14-3-8-16(9-4-14)21-13-18(23)22-17-10-6-15(20)7-11-17/h3-12,21H,2,13H2,1H3,(H,22,23)/b12-5+. The molecule has 0 fully saturated rings. The summed E-state index contributed by atoms with van der Waals surface area (Å²) in [6.07, 6.45) is 3.02. The highest BCUT2D eigenvalue weighted by Gasteiger charge is 2.02. The average Bonchev–Trinajstić information content (AvgIpc) is 2.61. The Balaban J connectivity index is 1.81. The third-order valence-electron chi connectivity index (χ3n) is 3.19. The van der Waals surface area contributed by atoms with E-state index in [1.807, 2.05) is 12.1 Å². The Hall–Kier alpha value is -3.15. The van der Waals surface area contributed by atoms with Gasteiger partial charge in [0.05, 0.1) is 13.2 Å². The van der Waals surface area contributed by atoms with Crippen LogP contribution in [0.1, 0.15) is 12.5 Å². The summed E-state index contributed by atoms with van der Waals surface area (Å²) in [5.74, 6) is -0.978. The number of amides is 1. The van der Waals surface area contributed by atoms with Gasteiger partial charge in [0.2, 0.25) is 5.91 Å². The van der Waals surface area contributed by atoms with Crippen molar-refractivity contribution in [3.05, 3.63) is 66.0 Å². The Morgan fingerprint density at radius 3 is 2.32 bits per heavy atom. The van der Waals surface area contributed by atoms with Crippen molar-refractivity contribution in [2.75, 3.05) is 23.8 Å². The molecule has 0 heterocycles. The maximum atomic E-state index is 12.8. The van der Waals surface area contributed by atoms with Gasteiger partial charge in [-0.15, -0.1) is 0 Å². The van der Waals surface area contributed by atoms with E-state index in [1.165, 1.54) is 30.3 Å². The summed E-state index contributed by atoms with van der Waals surface area (Å²) in [6.45, 7) is 2.17. The van der Waals surface area contributed by atoms with Gasteiger partial charge in [0, 0.05) is 17.5 Å². The van der Waals surface area contributed by atoms with E-state index in [0.29, 0.717) is 12.3 Å². The van der Waals surface area contributed by atoms with Crippen LogP contribution in [0.2, 0.25) is 0 Å². The number of carbonyl (C=O) groups excluding carboxylic acids is 2. The number of halogens is 1. The molecule has 0 aliphatic rings. The molecule has 2 aromatic rings. The number of rotatable bonds is 7. The minimum atomic E-state index is -0.387. The van der Waals surface area contributed by atoms with Crippen LogP contribution in [-0.2, 0) is 14.3 Å². The zero-order valence-corrected chi connectivity index (χ0v) is 13.8. The van der Waals surface area contributed by atoms with E-state index in [0.717, 1.165) is 11.3 Å². The molecule has 0 aliphatic heterocycles. The Labute approximate surface area is 145 Å². The van der Waals surface area contributed by atoms with Crippen LogP contribution in [0.15, 0.2) is 54.6 Å². The van der Waals surface area contributed by atoms with Gasteiger partial charge < -0.3 is 15.4 Å². The number of hydrogen-bond acceptors (Lipinski definition) is 4. The second kappa shape index (κ2) is 9.22. The van der Waals surface area contributed by atoms with Crippen LogP contribution < -0.4 is 10.6 Å². The molecule has 2 rings (SSSR count). The van der Waals surface area contributed by atoms with Gasteiger partial charge in [-0.25, -0.2) is 9.18 Å². The molecule has 0 spiro atoms. The molecule has 0 aromatic heterocycles. The van der Waals surface area contributed by atoms with E-state index < -0.39 is 0 Å². The Kier molecular flexibility index (Phi) is 6.71. The van der Waals surface area contributed by atoms with Crippen molar-refractivity contribution in [2.45, 2.75) is 6.92 Å². The van der Waals surface area contributed by atoms with Crippen molar-refractivity contribution < 1.29 is 18.7 Å². The highest BCUT2D eigenvalue weighted by Crippen LogP contribution is 2.11. The Morgan fingerprint density at radius 2 is 1.68 bits per heavy atom. The molecule has 0 radical (unpaired) electrons. The van der Waals surface area contributed by atoms with Crippen molar-refractivity contribution in [2.24, 2.45) is 0 Å². The quantitative estimate of drug-likeness (QED) is 0.597. The second-order valence-corrected chi connectivity index (χ2v) is 5.12. The summed E-state index contributed by atoms with van der Waals surface area (Å²) < 4.78 is 17.6. The Morgan fingerprint density at radius 1 is 1.04 bits per heavy atom. The van der Waals surface area contributed by atoms with E-state index in [-0.39, 0.29) is 24.2 Å². The summed E-state index contributed by atoms with van der Waals surface area (Å²) in [5.41, 5.74) is 2.14. The van der Waals surface area contributed by atoms with Crippen LogP contribution in [0, 0.1) is 5.82 Å². The molecule has 5 nitrogen and oxygen atoms in total. The molecule has 0 unspecified atom stereocenters. The number of benzene rings is 2. The fraction of sp³-hybridized carbons (Fsp3) is 0.158. The molecule has 0 saturated carbocycles. The van der Waals surface area contributed by atoms with Gasteiger partial charge in [0.1, 0.15) is 5.82 Å². The van der Waals surface area contributed by atoms with Crippen molar-refractivity contribution >= 4 is 29.3 Å². The number of nitrogens with one attached hydrogen (secondary N) is 2. The number of esters is 1. The lowest BCUT2D eigenvalue weighted by Crippen LogP contribution is -2.21. The fourth-order valence-electron chi connectivity index (χ4n) is 1.99. The van der Waals surface area contributed by atoms with E-state index in [9.17, 15) is 14.0 Å². The van der Waals surface area contributed by atoms with Gasteiger partial charge in [0.15, 0.2) is 0 Å². The summed E-state index contributed by atoms with van der Waals surface area (Å²) in [4.78, 5) is 23.1. The largest absolute Gasteiger partial charge is 0.463 e. The smallest absolute Gasteiger partial charge is 0.330 e. The minimum Gasteiger partial charge on any atom is -0.463 e. The van der Waals surface area contributed by atoms with E-state index in [1.54, 1.807) is 25.1 Å². The predicted octanol–water partition coefficient (Wildman–Crippen LogP) is 3.45. The lowest BCUT2D eigenvalue weighted by molar-refractivity contribution is -0.137. The summed E-state index contributed by atoms with van der Waals surface area (Å²) in [6, 6.07) is 12.8. The third kappa shape index (κ3) is 6.47. The first-order valence-corrected chi connectivity index (χ1v) is 7.81. The molecule has 1 amide bonds. The van der Waals surface area contributed by atoms with E-state index >= 15 is 0 Å². The first kappa shape index (κ1) is 18.2. The first-order chi connectivity index (χ1) is 12.1. The number of anilines is 2. The lowest BCUT2D eigenvalue weighted by Gasteiger charge is -2.08. The van der Waals surface area contributed by atoms with Crippen molar-refractivity contribution in [1.29, 1.82) is 0 Å². The van der Waals surface area contributed by atoms with Crippen LogP contribution in [-0.4, -0.2) is 25.0 Å². The maximum Gasteiger partial charge on any atom is 0.330 e. The number of hydrogen-bond donors (Lipinski definition) is 2. The summed E-state index contributed by atoms with van der Waals surface area (Å²) >= 11 is 0. The van der Waals surface area contributed by atoms with Gasteiger partial charge in [0.25, 0.3) is 0 Å². The molecule has 0 bridgehead atoms. The molecule has 2 N–H and O–H groups in total. The summed E-state index contributed by atoms with van der Waals surface area (Å²) in [5, 5.41) is 5.65. The number of ether oxygens (including phenoxy) is 1. The predicted molar refractivity (Wildman–Crippen MR) is 95.6 cm³/mol. The SMILES string of the molecule is CCOC(=O)/C=C/c1ccc(NCC(=O)Nc2ccc(F)cc2)cc1. The maximum absolute atomic E-state index is 12.8. The Bertz CT molecular complexity index is 740. The van der Waals surface area contributed by atoms with Crippen LogP contribution in [0.5, 0.6) is 0 Å². The van der Waals surface area contributed by atoms with Crippen molar-refractivity contribution in [1.82, 2.24) is 0 Å². The van der Waals surface area contributed by atoms with Gasteiger partial charge in [-0.1, -0.05) is 12.1 Å². The molecule has 0 atom stereocenters. The van der Waals surface area contributed by atoms with Gasteiger partial charge >= 0.3 is 5.97 Å². The molecule has 2 aromatic carbocycles. The van der Waals surface area contributed by atoms with Gasteiger partial charge in [-0.3, -0.25) is 4.79 Å². The molecule has 0 aliphatic carbocycles. The minimum absolute atomic E-state index is 0.0788.